The van der Waals surface area contributed by atoms with E-state index in [2.05, 4.69) is 35.0 Å². The zero-order chi connectivity index (χ0) is 20.0. The molecule has 0 radical (unpaired) electrons. The van der Waals surface area contributed by atoms with Gasteiger partial charge in [-0.2, -0.15) is 18.3 Å². The van der Waals surface area contributed by atoms with Crippen molar-refractivity contribution in [3.8, 4) is 11.5 Å². The van der Waals surface area contributed by atoms with E-state index in [1.807, 2.05) is 6.07 Å². The van der Waals surface area contributed by atoms with E-state index in [9.17, 15) is 13.2 Å². The topological polar surface area (TPSA) is 87.9 Å². The molecule has 1 saturated heterocycles. The largest absolute Gasteiger partial charge is 0.434 e. The van der Waals surface area contributed by atoms with E-state index in [4.69, 9.17) is 0 Å². The van der Waals surface area contributed by atoms with E-state index in [0.717, 1.165) is 43.4 Å². The molecular weight excluding hydrogens is 385 g/mol. The molecule has 1 fully saturated rings. The van der Waals surface area contributed by atoms with Gasteiger partial charge in [0.25, 0.3) is 0 Å². The Hall–Kier alpha value is -3.50. The Morgan fingerprint density at radius 1 is 1.07 bits per heavy atom. The zero-order valence-corrected chi connectivity index (χ0v) is 15.0. The average Bonchev–Trinajstić information content (AvgIpc) is 3.46. The third kappa shape index (κ3) is 3.18. The summed E-state index contributed by atoms with van der Waals surface area (Å²) in [5.74, 6) is 1.35. The first-order valence-electron chi connectivity index (χ1n) is 8.97. The number of H-pyrrole nitrogens is 1. The molecule has 11 heteroatoms. The van der Waals surface area contributed by atoms with Crippen molar-refractivity contribution in [3.63, 3.8) is 0 Å². The molecule has 1 N–H and O–H groups in total. The first-order valence-corrected chi connectivity index (χ1v) is 8.97. The van der Waals surface area contributed by atoms with Crippen molar-refractivity contribution in [1.82, 2.24) is 34.5 Å². The SMILES string of the molecule is FC(F)(F)c1cn2c(-c3nccc(N4CCC(c5ccn[nH]5)C4)n3)cnc2cn1. The number of aromatic nitrogens is 7. The molecule has 29 heavy (non-hydrogen) atoms. The van der Waals surface area contributed by atoms with Crippen molar-refractivity contribution in [3.05, 3.63) is 54.5 Å². The van der Waals surface area contributed by atoms with E-state index >= 15 is 0 Å². The van der Waals surface area contributed by atoms with E-state index in [1.54, 1.807) is 18.5 Å². The molecule has 0 spiro atoms. The van der Waals surface area contributed by atoms with Crippen LogP contribution in [0.25, 0.3) is 17.2 Å². The van der Waals surface area contributed by atoms with E-state index in [1.165, 1.54) is 10.6 Å². The van der Waals surface area contributed by atoms with Crippen LogP contribution in [-0.2, 0) is 6.18 Å². The van der Waals surface area contributed by atoms with Crippen molar-refractivity contribution in [2.24, 2.45) is 0 Å². The maximum absolute atomic E-state index is 13.0. The molecular formula is C18H15F3N8. The monoisotopic (exact) mass is 400 g/mol. The summed E-state index contributed by atoms with van der Waals surface area (Å²) in [5, 5.41) is 7.01. The molecule has 8 nitrogen and oxygen atoms in total. The van der Waals surface area contributed by atoms with Gasteiger partial charge in [-0.1, -0.05) is 0 Å². The third-order valence-corrected chi connectivity index (χ3v) is 5.03. The Kier molecular flexibility index (Phi) is 3.96. The summed E-state index contributed by atoms with van der Waals surface area (Å²) >= 11 is 0. The van der Waals surface area contributed by atoms with Crippen LogP contribution >= 0.6 is 0 Å². The summed E-state index contributed by atoms with van der Waals surface area (Å²) in [6.45, 7) is 1.59. The summed E-state index contributed by atoms with van der Waals surface area (Å²) in [4.78, 5) is 18.5. The van der Waals surface area contributed by atoms with Gasteiger partial charge in [0.15, 0.2) is 17.2 Å². The predicted molar refractivity (Wildman–Crippen MR) is 97.2 cm³/mol. The van der Waals surface area contributed by atoms with Crippen LogP contribution in [-0.4, -0.2) is 47.6 Å². The fourth-order valence-corrected chi connectivity index (χ4v) is 3.57. The number of alkyl halides is 3. The van der Waals surface area contributed by atoms with Gasteiger partial charge in [0.2, 0.25) is 0 Å². The normalized spacial score (nSPS) is 17.3. The molecule has 1 aliphatic heterocycles. The Balaban J connectivity index is 1.47. The Morgan fingerprint density at radius 3 is 2.76 bits per heavy atom. The molecule has 5 rings (SSSR count). The maximum Gasteiger partial charge on any atom is 0.434 e. The van der Waals surface area contributed by atoms with Gasteiger partial charge in [-0.3, -0.25) is 9.50 Å². The number of nitrogens with zero attached hydrogens (tertiary/aromatic N) is 7. The zero-order valence-electron chi connectivity index (χ0n) is 15.0. The first-order chi connectivity index (χ1) is 14.0. The average molecular weight is 400 g/mol. The Bertz CT molecular complexity index is 1150. The lowest BCUT2D eigenvalue weighted by atomic mass is 10.1. The van der Waals surface area contributed by atoms with Gasteiger partial charge in [-0.25, -0.2) is 19.9 Å². The summed E-state index contributed by atoms with van der Waals surface area (Å²) in [5.41, 5.74) is 0.750. The molecule has 4 aromatic rings. The number of imidazole rings is 1. The van der Waals surface area contributed by atoms with Crippen LogP contribution in [0.3, 0.4) is 0 Å². The van der Waals surface area contributed by atoms with Crippen molar-refractivity contribution in [1.29, 1.82) is 0 Å². The van der Waals surface area contributed by atoms with Crippen LogP contribution in [0.5, 0.6) is 0 Å². The van der Waals surface area contributed by atoms with Gasteiger partial charge in [0.1, 0.15) is 11.5 Å². The summed E-state index contributed by atoms with van der Waals surface area (Å²) < 4.78 is 40.4. The minimum atomic E-state index is -4.55. The molecule has 0 amide bonds. The van der Waals surface area contributed by atoms with Gasteiger partial charge in [-0.15, -0.1) is 0 Å². The number of fused-ring (bicyclic) bond motifs is 1. The molecule has 5 heterocycles. The fourth-order valence-electron chi connectivity index (χ4n) is 3.57. The Labute approximate surface area is 162 Å². The quantitative estimate of drug-likeness (QED) is 0.569. The van der Waals surface area contributed by atoms with Crippen LogP contribution in [0.4, 0.5) is 19.0 Å². The number of hydrogen-bond acceptors (Lipinski definition) is 6. The molecule has 0 saturated carbocycles. The molecule has 0 aliphatic carbocycles. The van der Waals surface area contributed by atoms with Crippen LogP contribution in [0.2, 0.25) is 0 Å². The molecule has 148 valence electrons. The summed E-state index contributed by atoms with van der Waals surface area (Å²) in [7, 11) is 0. The third-order valence-electron chi connectivity index (χ3n) is 5.03. The van der Waals surface area contributed by atoms with E-state index < -0.39 is 11.9 Å². The Morgan fingerprint density at radius 2 is 1.97 bits per heavy atom. The van der Waals surface area contributed by atoms with Gasteiger partial charge in [0, 0.05) is 43.3 Å². The summed E-state index contributed by atoms with van der Waals surface area (Å²) in [6, 6.07) is 3.76. The highest BCUT2D eigenvalue weighted by atomic mass is 19.4. The van der Waals surface area contributed by atoms with E-state index in [0.29, 0.717) is 23.1 Å². The van der Waals surface area contributed by atoms with Gasteiger partial charge in [0.05, 0.1) is 12.4 Å². The minimum Gasteiger partial charge on any atom is -0.356 e. The van der Waals surface area contributed by atoms with Crippen LogP contribution < -0.4 is 4.90 Å². The lowest BCUT2D eigenvalue weighted by Crippen LogP contribution is -2.20. The van der Waals surface area contributed by atoms with Crippen molar-refractivity contribution in [2.75, 3.05) is 18.0 Å². The molecule has 0 bridgehead atoms. The molecule has 1 atom stereocenters. The molecule has 1 unspecified atom stereocenters. The second kappa shape index (κ2) is 6.54. The highest BCUT2D eigenvalue weighted by molar-refractivity contribution is 5.58. The molecule has 0 aromatic carbocycles. The van der Waals surface area contributed by atoms with Crippen molar-refractivity contribution in [2.45, 2.75) is 18.5 Å². The van der Waals surface area contributed by atoms with Crippen molar-refractivity contribution >= 4 is 11.5 Å². The molecule has 1 aliphatic rings. The number of hydrogen-bond donors (Lipinski definition) is 1. The lowest BCUT2D eigenvalue weighted by molar-refractivity contribution is -0.141. The first kappa shape index (κ1) is 17.6. The second-order valence-electron chi connectivity index (χ2n) is 6.82. The second-order valence-corrected chi connectivity index (χ2v) is 6.82. The summed E-state index contributed by atoms with van der Waals surface area (Å²) in [6.07, 6.45) is 3.20. The fraction of sp³-hybridized carbons (Fsp3) is 0.278. The van der Waals surface area contributed by atoms with Crippen LogP contribution in [0.1, 0.15) is 23.7 Å². The van der Waals surface area contributed by atoms with Crippen LogP contribution in [0, 0.1) is 0 Å². The highest BCUT2D eigenvalue weighted by Gasteiger charge is 2.33. The smallest absolute Gasteiger partial charge is 0.356 e. The number of anilines is 1. The van der Waals surface area contributed by atoms with Gasteiger partial charge < -0.3 is 4.90 Å². The number of rotatable bonds is 3. The number of halogens is 3. The van der Waals surface area contributed by atoms with Gasteiger partial charge >= 0.3 is 6.18 Å². The van der Waals surface area contributed by atoms with E-state index in [-0.39, 0.29) is 0 Å². The standard InChI is InChI=1S/C18H15F3N8/c19-18(20,21)14-10-29-13(7-24-16(29)8-23-14)17-22-4-2-15(26-17)28-6-3-11(9-28)12-1-5-25-27-12/h1-2,4-5,7-8,10-11H,3,6,9H2,(H,25,27). The number of nitrogens with one attached hydrogen (secondary N) is 1. The number of aromatic amines is 1. The highest BCUT2D eigenvalue weighted by Crippen LogP contribution is 2.31. The maximum atomic E-state index is 13.0. The minimum absolute atomic E-state index is 0.294. The molecule has 4 aromatic heterocycles. The predicted octanol–water partition coefficient (Wildman–Crippen LogP) is 2.92. The lowest BCUT2D eigenvalue weighted by Gasteiger charge is -2.17. The van der Waals surface area contributed by atoms with Crippen LogP contribution in [0.15, 0.2) is 43.1 Å². The van der Waals surface area contributed by atoms with Gasteiger partial charge in [-0.05, 0) is 18.6 Å². The van der Waals surface area contributed by atoms with Crippen molar-refractivity contribution < 1.29 is 13.2 Å².